The topological polar surface area (TPSA) is 90.0 Å². The van der Waals surface area contributed by atoms with Gasteiger partial charge in [0.2, 0.25) is 21.8 Å². The summed E-state index contributed by atoms with van der Waals surface area (Å²) in [6, 6.07) is 7.01. The number of nitrogens with one attached hydrogen (secondary N) is 1. The summed E-state index contributed by atoms with van der Waals surface area (Å²) in [6.07, 6.45) is 2.15. The van der Waals surface area contributed by atoms with Gasteiger partial charge in [-0.15, -0.1) is 0 Å². The second-order valence-electron chi connectivity index (χ2n) is 8.85. The van der Waals surface area contributed by atoms with E-state index in [0.29, 0.717) is 38.4 Å². The highest BCUT2D eigenvalue weighted by atomic mass is 32.2. The maximum atomic E-state index is 13.4. The van der Waals surface area contributed by atoms with E-state index in [9.17, 15) is 18.0 Å². The fraction of sp³-hybridized carbons (Fsp3) is 0.652. The monoisotopic (exact) mass is 464 g/mol. The Morgan fingerprint density at radius 3 is 2.38 bits per heavy atom. The summed E-state index contributed by atoms with van der Waals surface area (Å²) >= 11 is 0. The average molecular weight is 465 g/mol. The van der Waals surface area contributed by atoms with Crippen LogP contribution in [0.3, 0.4) is 0 Å². The predicted octanol–water partition coefficient (Wildman–Crippen LogP) is 1.64. The molecular weight excluding hydrogens is 428 g/mol. The maximum Gasteiger partial charge on any atom is 0.243 e. The van der Waals surface area contributed by atoms with Crippen molar-refractivity contribution >= 4 is 21.8 Å². The molecule has 2 amide bonds. The summed E-state index contributed by atoms with van der Waals surface area (Å²) < 4.78 is 28.2. The van der Waals surface area contributed by atoms with Gasteiger partial charge in [0.15, 0.2) is 0 Å². The van der Waals surface area contributed by atoms with E-state index in [0.717, 1.165) is 31.6 Å². The van der Waals surface area contributed by atoms with Crippen molar-refractivity contribution in [2.24, 2.45) is 0 Å². The summed E-state index contributed by atoms with van der Waals surface area (Å²) in [4.78, 5) is 28.4. The Morgan fingerprint density at radius 1 is 1.09 bits per heavy atom. The van der Waals surface area contributed by atoms with Gasteiger partial charge >= 0.3 is 0 Å². The van der Waals surface area contributed by atoms with E-state index >= 15 is 0 Å². The van der Waals surface area contributed by atoms with Crippen molar-refractivity contribution in [3.8, 4) is 0 Å². The number of hydrogen-bond acceptors (Lipinski definition) is 5. The van der Waals surface area contributed by atoms with Gasteiger partial charge in [0.05, 0.1) is 4.90 Å². The van der Waals surface area contributed by atoms with Crippen molar-refractivity contribution in [2.45, 2.75) is 50.3 Å². The molecular formula is C23H36N4O4S. The Hall–Kier alpha value is -1.97. The third-order valence-electron chi connectivity index (χ3n) is 6.24. The second kappa shape index (κ2) is 11.2. The minimum atomic E-state index is -3.73. The number of rotatable bonds is 10. The number of amides is 2. The molecule has 2 saturated heterocycles. The first-order valence-electron chi connectivity index (χ1n) is 11.7. The molecule has 2 fully saturated rings. The number of sulfonamides is 1. The average Bonchev–Trinajstić information content (AvgIpc) is 3.20. The third kappa shape index (κ3) is 6.30. The molecule has 0 spiro atoms. The summed E-state index contributed by atoms with van der Waals surface area (Å²) in [5, 5.41) is 3.22. The second-order valence-corrected chi connectivity index (χ2v) is 10.8. The molecule has 0 unspecified atom stereocenters. The van der Waals surface area contributed by atoms with Crippen LogP contribution in [0.2, 0.25) is 0 Å². The highest BCUT2D eigenvalue weighted by molar-refractivity contribution is 7.89. The lowest BCUT2D eigenvalue weighted by Crippen LogP contribution is -2.47. The highest BCUT2D eigenvalue weighted by Gasteiger charge is 2.27. The van der Waals surface area contributed by atoms with Gasteiger partial charge in [-0.3, -0.25) is 9.59 Å². The van der Waals surface area contributed by atoms with E-state index in [1.807, 2.05) is 12.1 Å². The first kappa shape index (κ1) is 24.7. The van der Waals surface area contributed by atoms with E-state index in [2.05, 4.69) is 19.2 Å². The fourth-order valence-electron chi connectivity index (χ4n) is 4.20. The SMILES string of the molecule is CC(C)c1ccc(S(=O)(=O)N(CCCN2CCCC2=O)CCC(=O)N2CCNCC2)cc1. The quantitative estimate of drug-likeness (QED) is 0.569. The third-order valence-corrected chi connectivity index (χ3v) is 8.15. The Labute approximate surface area is 192 Å². The fourth-order valence-corrected chi connectivity index (χ4v) is 5.68. The first-order valence-corrected chi connectivity index (χ1v) is 13.1. The molecule has 0 atom stereocenters. The van der Waals surface area contributed by atoms with Crippen LogP contribution < -0.4 is 5.32 Å². The normalized spacial score (nSPS) is 17.6. The van der Waals surface area contributed by atoms with Gasteiger partial charge < -0.3 is 15.1 Å². The number of hydrogen-bond donors (Lipinski definition) is 1. The van der Waals surface area contributed by atoms with Crippen LogP contribution in [0.1, 0.15) is 51.0 Å². The van der Waals surface area contributed by atoms with E-state index in [-0.39, 0.29) is 36.2 Å². The first-order chi connectivity index (χ1) is 15.3. The van der Waals surface area contributed by atoms with Crippen molar-refractivity contribution < 1.29 is 18.0 Å². The molecule has 32 heavy (non-hydrogen) atoms. The maximum absolute atomic E-state index is 13.4. The molecule has 0 saturated carbocycles. The van der Waals surface area contributed by atoms with Crippen LogP contribution >= 0.6 is 0 Å². The van der Waals surface area contributed by atoms with Gasteiger partial charge in [0.1, 0.15) is 0 Å². The summed E-state index contributed by atoms with van der Waals surface area (Å²) in [7, 11) is -3.73. The number of carbonyl (C=O) groups excluding carboxylic acids is 2. The van der Waals surface area contributed by atoms with Crippen molar-refractivity contribution in [2.75, 3.05) is 52.4 Å². The summed E-state index contributed by atoms with van der Waals surface area (Å²) in [5.41, 5.74) is 1.08. The number of piperazine rings is 1. The lowest BCUT2D eigenvalue weighted by atomic mass is 10.0. The minimum absolute atomic E-state index is 0.0171. The zero-order chi connectivity index (χ0) is 23.1. The molecule has 0 aromatic heterocycles. The molecule has 8 nitrogen and oxygen atoms in total. The zero-order valence-corrected chi connectivity index (χ0v) is 20.1. The predicted molar refractivity (Wildman–Crippen MR) is 124 cm³/mol. The van der Waals surface area contributed by atoms with Crippen molar-refractivity contribution in [3.05, 3.63) is 29.8 Å². The molecule has 0 bridgehead atoms. The van der Waals surface area contributed by atoms with Crippen LogP contribution in [0.25, 0.3) is 0 Å². The van der Waals surface area contributed by atoms with Crippen LogP contribution in [-0.4, -0.2) is 86.7 Å². The highest BCUT2D eigenvalue weighted by Crippen LogP contribution is 2.21. The molecule has 0 aliphatic carbocycles. The zero-order valence-electron chi connectivity index (χ0n) is 19.3. The number of benzene rings is 1. The van der Waals surface area contributed by atoms with Gasteiger partial charge in [0, 0.05) is 65.2 Å². The van der Waals surface area contributed by atoms with Gasteiger partial charge in [-0.05, 0) is 36.5 Å². The number of carbonyl (C=O) groups is 2. The lowest BCUT2D eigenvalue weighted by molar-refractivity contribution is -0.131. The van der Waals surface area contributed by atoms with E-state index in [4.69, 9.17) is 0 Å². The molecule has 178 valence electrons. The summed E-state index contributed by atoms with van der Waals surface area (Å²) in [5.74, 6) is 0.437. The van der Waals surface area contributed by atoms with Crippen LogP contribution in [0.4, 0.5) is 0 Å². The molecule has 9 heteroatoms. The Morgan fingerprint density at radius 2 is 1.78 bits per heavy atom. The van der Waals surface area contributed by atoms with Gasteiger partial charge in [-0.1, -0.05) is 26.0 Å². The minimum Gasteiger partial charge on any atom is -0.343 e. The lowest BCUT2D eigenvalue weighted by Gasteiger charge is -2.29. The van der Waals surface area contributed by atoms with Crippen LogP contribution in [0.15, 0.2) is 29.2 Å². The smallest absolute Gasteiger partial charge is 0.243 e. The van der Waals surface area contributed by atoms with Gasteiger partial charge in [-0.25, -0.2) is 8.42 Å². The van der Waals surface area contributed by atoms with Crippen molar-refractivity contribution in [1.29, 1.82) is 0 Å². The Kier molecular flexibility index (Phi) is 8.67. The van der Waals surface area contributed by atoms with Crippen molar-refractivity contribution in [1.82, 2.24) is 19.4 Å². The van der Waals surface area contributed by atoms with Crippen molar-refractivity contribution in [3.63, 3.8) is 0 Å². The Balaban J connectivity index is 1.68. The Bertz CT molecular complexity index is 880. The molecule has 3 rings (SSSR count). The molecule has 1 aromatic carbocycles. The van der Waals surface area contributed by atoms with E-state index in [1.165, 1.54) is 4.31 Å². The van der Waals surface area contributed by atoms with E-state index < -0.39 is 10.0 Å². The molecule has 0 radical (unpaired) electrons. The number of likely N-dealkylation sites (tertiary alicyclic amines) is 1. The standard InChI is InChI=1S/C23H36N4O4S/c1-19(2)20-6-8-21(9-7-20)32(30,31)27(15-4-14-25-13-3-5-22(25)28)16-10-23(29)26-17-11-24-12-18-26/h6-9,19,24H,3-5,10-18H2,1-2H3. The van der Waals surface area contributed by atoms with Crippen LogP contribution in [0.5, 0.6) is 0 Å². The van der Waals surface area contributed by atoms with Crippen LogP contribution in [-0.2, 0) is 19.6 Å². The van der Waals surface area contributed by atoms with Gasteiger partial charge in [0.25, 0.3) is 0 Å². The summed E-state index contributed by atoms with van der Waals surface area (Å²) in [6.45, 7) is 8.68. The number of nitrogens with zero attached hydrogens (tertiary/aromatic N) is 3. The molecule has 2 aliphatic heterocycles. The van der Waals surface area contributed by atoms with E-state index in [1.54, 1.807) is 21.9 Å². The van der Waals surface area contributed by atoms with Gasteiger partial charge in [-0.2, -0.15) is 4.31 Å². The molecule has 1 N–H and O–H groups in total. The largest absolute Gasteiger partial charge is 0.343 e. The molecule has 2 heterocycles. The molecule has 2 aliphatic rings. The van der Waals surface area contributed by atoms with Crippen LogP contribution in [0, 0.1) is 0 Å². The molecule has 1 aromatic rings.